The summed E-state index contributed by atoms with van der Waals surface area (Å²) in [6.45, 7) is 10.7. The Balaban J connectivity index is 1.71. The van der Waals surface area contributed by atoms with E-state index in [4.69, 9.17) is 16.3 Å². The van der Waals surface area contributed by atoms with E-state index >= 15 is 0 Å². The summed E-state index contributed by atoms with van der Waals surface area (Å²) in [6, 6.07) is 13.0. The third kappa shape index (κ3) is 5.06. The van der Waals surface area contributed by atoms with Gasteiger partial charge in [0, 0.05) is 22.7 Å². The zero-order valence-electron chi connectivity index (χ0n) is 17.2. The lowest BCUT2D eigenvalue weighted by molar-refractivity contribution is 0.0873. The highest BCUT2D eigenvalue weighted by molar-refractivity contribution is 6.32. The zero-order valence-corrected chi connectivity index (χ0v) is 18.0. The monoisotopic (exact) mass is 400 g/mol. The van der Waals surface area contributed by atoms with Gasteiger partial charge in [0.2, 0.25) is 0 Å². The molecule has 0 atom stereocenters. The van der Waals surface area contributed by atoms with Crippen LogP contribution < -0.4 is 15.4 Å². The van der Waals surface area contributed by atoms with E-state index in [2.05, 4.69) is 38.3 Å². The molecule has 1 amide bonds. The first kappa shape index (κ1) is 20.7. The first-order chi connectivity index (χ1) is 13.0. The number of nitrogens with one attached hydrogen (secondary N) is 2. The molecule has 0 aliphatic carbocycles. The second kappa shape index (κ2) is 7.76. The van der Waals surface area contributed by atoms with Crippen LogP contribution >= 0.6 is 11.6 Å². The maximum absolute atomic E-state index is 12.8. The van der Waals surface area contributed by atoms with Crippen LogP contribution in [0.3, 0.4) is 0 Å². The number of benzene rings is 2. The van der Waals surface area contributed by atoms with Crippen LogP contribution in [-0.4, -0.2) is 23.0 Å². The Morgan fingerprint density at radius 1 is 1.07 bits per heavy atom. The first-order valence-corrected chi connectivity index (χ1v) is 10.1. The summed E-state index contributed by atoms with van der Waals surface area (Å²) in [5.74, 6) is 1.18. The SMILES string of the molecule is Cc1ccccc1Oc1ccc(C(=O)NC2CC(C)(C)NC(C)(C)C2)cc1Cl. The molecule has 1 saturated heterocycles. The van der Waals surface area contributed by atoms with Gasteiger partial charge >= 0.3 is 0 Å². The number of carbonyl (C=O) groups is 1. The molecule has 0 aromatic heterocycles. The number of para-hydroxylation sites is 1. The highest BCUT2D eigenvalue weighted by atomic mass is 35.5. The molecule has 3 rings (SSSR count). The van der Waals surface area contributed by atoms with Gasteiger partial charge in [0.25, 0.3) is 5.91 Å². The molecular weight excluding hydrogens is 372 g/mol. The van der Waals surface area contributed by atoms with Crippen molar-refractivity contribution in [2.75, 3.05) is 0 Å². The third-order valence-electron chi connectivity index (χ3n) is 5.03. The van der Waals surface area contributed by atoms with Crippen LogP contribution in [0.4, 0.5) is 0 Å². The van der Waals surface area contributed by atoms with Gasteiger partial charge < -0.3 is 15.4 Å². The van der Waals surface area contributed by atoms with Crippen molar-refractivity contribution in [2.24, 2.45) is 0 Å². The molecule has 28 heavy (non-hydrogen) atoms. The normalized spacial score (nSPS) is 18.5. The van der Waals surface area contributed by atoms with Crippen LogP contribution in [0.5, 0.6) is 11.5 Å². The minimum atomic E-state index is -0.108. The van der Waals surface area contributed by atoms with Crippen LogP contribution in [0, 0.1) is 6.92 Å². The minimum Gasteiger partial charge on any atom is -0.456 e. The molecule has 5 heteroatoms. The summed E-state index contributed by atoms with van der Waals surface area (Å²) in [6.07, 6.45) is 1.76. The number of piperidine rings is 1. The minimum absolute atomic E-state index is 0.0252. The molecule has 0 bridgehead atoms. The van der Waals surface area contributed by atoms with Crippen LogP contribution in [0.25, 0.3) is 0 Å². The maximum Gasteiger partial charge on any atom is 0.251 e. The Morgan fingerprint density at radius 3 is 2.32 bits per heavy atom. The fraction of sp³-hybridized carbons (Fsp3) is 0.435. The quantitative estimate of drug-likeness (QED) is 0.714. The molecule has 2 N–H and O–H groups in total. The van der Waals surface area contributed by atoms with Crippen LogP contribution in [0.15, 0.2) is 42.5 Å². The van der Waals surface area contributed by atoms with Crippen molar-refractivity contribution in [1.82, 2.24) is 10.6 Å². The number of carbonyl (C=O) groups excluding carboxylic acids is 1. The number of rotatable bonds is 4. The average molecular weight is 401 g/mol. The first-order valence-electron chi connectivity index (χ1n) is 9.68. The van der Waals surface area contributed by atoms with Crippen LogP contribution in [-0.2, 0) is 0 Å². The number of amides is 1. The lowest BCUT2D eigenvalue weighted by Gasteiger charge is -2.46. The van der Waals surface area contributed by atoms with Crippen molar-refractivity contribution in [3.8, 4) is 11.5 Å². The van der Waals surface area contributed by atoms with Gasteiger partial charge in [0.1, 0.15) is 11.5 Å². The van der Waals surface area contributed by atoms with E-state index < -0.39 is 0 Å². The fourth-order valence-corrected chi connectivity index (χ4v) is 4.43. The predicted molar refractivity (Wildman–Crippen MR) is 114 cm³/mol. The van der Waals surface area contributed by atoms with Crippen molar-refractivity contribution in [3.63, 3.8) is 0 Å². The summed E-state index contributed by atoms with van der Waals surface area (Å²) in [7, 11) is 0. The molecule has 1 aliphatic heterocycles. The van der Waals surface area contributed by atoms with E-state index in [-0.39, 0.29) is 23.0 Å². The molecule has 1 heterocycles. The summed E-state index contributed by atoms with van der Waals surface area (Å²) >= 11 is 6.39. The van der Waals surface area contributed by atoms with E-state index in [1.807, 2.05) is 31.2 Å². The highest BCUT2D eigenvalue weighted by Crippen LogP contribution is 2.32. The smallest absolute Gasteiger partial charge is 0.251 e. The molecule has 0 unspecified atom stereocenters. The van der Waals surface area contributed by atoms with E-state index in [9.17, 15) is 4.79 Å². The Hall–Kier alpha value is -2.04. The summed E-state index contributed by atoms with van der Waals surface area (Å²) < 4.78 is 5.91. The van der Waals surface area contributed by atoms with E-state index in [1.165, 1.54) is 0 Å². The molecule has 150 valence electrons. The third-order valence-corrected chi connectivity index (χ3v) is 5.33. The Kier molecular flexibility index (Phi) is 5.74. The average Bonchev–Trinajstić information content (AvgIpc) is 2.55. The van der Waals surface area contributed by atoms with Gasteiger partial charge in [-0.25, -0.2) is 0 Å². The Bertz CT molecular complexity index is 861. The van der Waals surface area contributed by atoms with Crippen molar-refractivity contribution in [2.45, 2.75) is 64.6 Å². The lowest BCUT2D eigenvalue weighted by Crippen LogP contribution is -2.62. The van der Waals surface area contributed by atoms with E-state index in [0.29, 0.717) is 16.3 Å². The van der Waals surface area contributed by atoms with Crippen molar-refractivity contribution in [1.29, 1.82) is 0 Å². The van der Waals surface area contributed by atoms with Crippen molar-refractivity contribution < 1.29 is 9.53 Å². The molecule has 1 fully saturated rings. The van der Waals surface area contributed by atoms with Gasteiger partial charge in [0.15, 0.2) is 0 Å². The molecule has 4 nitrogen and oxygen atoms in total. The summed E-state index contributed by atoms with van der Waals surface area (Å²) in [5.41, 5.74) is 1.51. The molecule has 0 saturated carbocycles. The standard InChI is InChI=1S/C23H29ClN2O2/c1-15-8-6-7-9-19(15)28-20-11-10-16(12-18(20)24)21(27)25-17-13-22(2,3)26-23(4,5)14-17/h6-12,17,26H,13-14H2,1-5H3,(H,25,27). The second-order valence-corrected chi connectivity index (χ2v) is 9.39. The number of halogens is 1. The maximum atomic E-state index is 12.8. The number of hydrogen-bond donors (Lipinski definition) is 2. The number of hydrogen-bond acceptors (Lipinski definition) is 3. The molecule has 1 aliphatic rings. The Morgan fingerprint density at radius 2 is 1.71 bits per heavy atom. The highest BCUT2D eigenvalue weighted by Gasteiger charge is 2.38. The molecule has 2 aromatic rings. The number of ether oxygens (including phenoxy) is 1. The number of aryl methyl sites for hydroxylation is 1. The van der Waals surface area contributed by atoms with Gasteiger partial charge in [-0.15, -0.1) is 0 Å². The largest absolute Gasteiger partial charge is 0.456 e. The van der Waals surface area contributed by atoms with Crippen molar-refractivity contribution >= 4 is 17.5 Å². The second-order valence-electron chi connectivity index (χ2n) is 8.98. The van der Waals surface area contributed by atoms with Gasteiger partial charge in [-0.05, 0) is 77.3 Å². The predicted octanol–water partition coefficient (Wildman–Crippen LogP) is 5.48. The molecule has 0 radical (unpaired) electrons. The molecule has 0 spiro atoms. The fourth-order valence-electron chi connectivity index (χ4n) is 4.21. The molecule has 2 aromatic carbocycles. The van der Waals surface area contributed by atoms with E-state index in [0.717, 1.165) is 24.2 Å². The van der Waals surface area contributed by atoms with Crippen LogP contribution in [0.1, 0.15) is 56.5 Å². The Labute approximate surface area is 172 Å². The van der Waals surface area contributed by atoms with Crippen LogP contribution in [0.2, 0.25) is 5.02 Å². The summed E-state index contributed by atoms with van der Waals surface area (Å²) in [5, 5.41) is 7.22. The van der Waals surface area contributed by atoms with Gasteiger partial charge in [-0.2, -0.15) is 0 Å². The van der Waals surface area contributed by atoms with E-state index in [1.54, 1.807) is 18.2 Å². The lowest BCUT2D eigenvalue weighted by atomic mass is 9.79. The topological polar surface area (TPSA) is 50.4 Å². The van der Waals surface area contributed by atoms with Gasteiger partial charge in [-0.1, -0.05) is 29.8 Å². The van der Waals surface area contributed by atoms with Gasteiger partial charge in [0.05, 0.1) is 5.02 Å². The van der Waals surface area contributed by atoms with Crippen molar-refractivity contribution in [3.05, 3.63) is 58.6 Å². The summed E-state index contributed by atoms with van der Waals surface area (Å²) in [4.78, 5) is 12.8. The zero-order chi connectivity index (χ0) is 20.5. The molecular formula is C23H29ClN2O2. The van der Waals surface area contributed by atoms with Gasteiger partial charge in [-0.3, -0.25) is 4.79 Å².